The number of hydrogen-bond acceptors (Lipinski definition) is 6. The molecule has 4 aromatic rings. The number of para-hydroxylation sites is 1. The van der Waals surface area contributed by atoms with E-state index in [1.807, 2.05) is 41.8 Å². The molecule has 1 N–H and O–H groups in total. The van der Waals surface area contributed by atoms with Crippen LogP contribution in [0.4, 0.5) is 5.13 Å². The van der Waals surface area contributed by atoms with E-state index in [0.717, 1.165) is 22.0 Å². The van der Waals surface area contributed by atoms with E-state index in [1.165, 1.54) is 34.2 Å². The van der Waals surface area contributed by atoms with Crippen molar-refractivity contribution in [1.29, 1.82) is 0 Å². The van der Waals surface area contributed by atoms with E-state index in [1.54, 1.807) is 6.20 Å². The van der Waals surface area contributed by atoms with Gasteiger partial charge in [0.15, 0.2) is 16.1 Å². The van der Waals surface area contributed by atoms with Crippen LogP contribution in [-0.4, -0.2) is 31.4 Å². The van der Waals surface area contributed by atoms with E-state index >= 15 is 0 Å². The lowest BCUT2D eigenvalue weighted by Crippen LogP contribution is -2.14. The van der Waals surface area contributed by atoms with Crippen molar-refractivity contribution in [2.75, 3.05) is 11.1 Å². The van der Waals surface area contributed by atoms with Crippen molar-refractivity contribution in [3.8, 4) is 17.1 Å². The van der Waals surface area contributed by atoms with Crippen molar-refractivity contribution >= 4 is 34.1 Å². The second-order valence-corrected chi connectivity index (χ2v) is 9.07. The number of thiazole rings is 1. The number of hydrogen-bond donors (Lipinski definition) is 1. The normalized spacial score (nSPS) is 10.9. The standard InChI is InChI=1S/C22H21N5OS2/c1-14-9-10-17(11-15(14)2)20-25-26-22(27(20)18-7-5-4-6-8-18)29-13-19(28)24-21-23-12-16(3)30-21/h4-12H,13H2,1-3H3,(H,23,24,28). The number of nitrogens with zero attached hydrogens (tertiary/aromatic N) is 4. The Kier molecular flexibility index (Phi) is 5.96. The average Bonchev–Trinajstić information content (AvgIpc) is 3.35. The number of benzene rings is 2. The third kappa shape index (κ3) is 4.44. The Morgan fingerprint density at radius 2 is 1.87 bits per heavy atom. The van der Waals surface area contributed by atoms with Crippen molar-refractivity contribution < 1.29 is 4.79 Å². The Bertz CT molecular complexity index is 1180. The van der Waals surface area contributed by atoms with Crippen molar-refractivity contribution in [2.24, 2.45) is 0 Å². The van der Waals surface area contributed by atoms with Gasteiger partial charge in [-0.1, -0.05) is 42.1 Å². The molecule has 0 aliphatic rings. The van der Waals surface area contributed by atoms with Gasteiger partial charge in [-0.3, -0.25) is 9.36 Å². The lowest BCUT2D eigenvalue weighted by Gasteiger charge is -2.11. The second-order valence-electron chi connectivity index (χ2n) is 6.89. The van der Waals surface area contributed by atoms with Gasteiger partial charge in [0.2, 0.25) is 5.91 Å². The number of aryl methyl sites for hydroxylation is 3. The number of anilines is 1. The maximum Gasteiger partial charge on any atom is 0.236 e. The summed E-state index contributed by atoms with van der Waals surface area (Å²) in [6.07, 6.45) is 1.75. The second kappa shape index (κ2) is 8.81. The molecular weight excluding hydrogens is 414 g/mol. The lowest BCUT2D eigenvalue weighted by atomic mass is 10.1. The first-order valence-electron chi connectivity index (χ1n) is 9.45. The minimum Gasteiger partial charge on any atom is -0.301 e. The maximum absolute atomic E-state index is 12.4. The molecule has 6 nitrogen and oxygen atoms in total. The van der Waals surface area contributed by atoms with Gasteiger partial charge in [-0.15, -0.1) is 21.5 Å². The topological polar surface area (TPSA) is 72.7 Å². The fraction of sp³-hybridized carbons (Fsp3) is 0.182. The summed E-state index contributed by atoms with van der Waals surface area (Å²) in [6, 6.07) is 16.2. The molecule has 152 valence electrons. The van der Waals surface area contributed by atoms with Crippen molar-refractivity contribution in [2.45, 2.75) is 25.9 Å². The average molecular weight is 436 g/mol. The lowest BCUT2D eigenvalue weighted by molar-refractivity contribution is -0.113. The van der Waals surface area contributed by atoms with Gasteiger partial charge in [-0.2, -0.15) is 0 Å². The van der Waals surface area contributed by atoms with E-state index in [-0.39, 0.29) is 11.7 Å². The van der Waals surface area contributed by atoms with Crippen molar-refractivity contribution in [3.05, 3.63) is 70.7 Å². The molecule has 0 radical (unpaired) electrons. The molecule has 30 heavy (non-hydrogen) atoms. The molecule has 4 rings (SSSR count). The van der Waals surface area contributed by atoms with Gasteiger partial charge >= 0.3 is 0 Å². The van der Waals surface area contributed by atoms with Crippen LogP contribution in [0.1, 0.15) is 16.0 Å². The molecular formula is C22H21N5OS2. The van der Waals surface area contributed by atoms with Gasteiger partial charge in [0, 0.05) is 22.3 Å². The zero-order valence-corrected chi connectivity index (χ0v) is 18.5. The van der Waals surface area contributed by atoms with Crippen LogP contribution in [0.5, 0.6) is 0 Å². The Morgan fingerprint density at radius 1 is 1.07 bits per heavy atom. The van der Waals surface area contributed by atoms with Gasteiger partial charge < -0.3 is 5.32 Å². The van der Waals surface area contributed by atoms with E-state index in [9.17, 15) is 4.79 Å². The Labute approximate surface area is 183 Å². The molecule has 0 aliphatic carbocycles. The highest BCUT2D eigenvalue weighted by atomic mass is 32.2. The smallest absolute Gasteiger partial charge is 0.236 e. The summed E-state index contributed by atoms with van der Waals surface area (Å²) >= 11 is 2.81. The molecule has 8 heteroatoms. The van der Waals surface area contributed by atoms with Crippen molar-refractivity contribution in [3.63, 3.8) is 0 Å². The molecule has 0 saturated heterocycles. The first-order valence-corrected chi connectivity index (χ1v) is 11.2. The number of amides is 1. The number of rotatable bonds is 6. The van der Waals surface area contributed by atoms with E-state index < -0.39 is 0 Å². The molecule has 2 aromatic heterocycles. The third-order valence-electron chi connectivity index (χ3n) is 4.61. The largest absolute Gasteiger partial charge is 0.301 e. The molecule has 0 aliphatic heterocycles. The highest BCUT2D eigenvalue weighted by Gasteiger charge is 2.18. The Morgan fingerprint density at radius 3 is 2.57 bits per heavy atom. The van der Waals surface area contributed by atoms with Gasteiger partial charge in [0.1, 0.15) is 0 Å². The van der Waals surface area contributed by atoms with Crippen LogP contribution in [0.3, 0.4) is 0 Å². The monoisotopic (exact) mass is 435 g/mol. The van der Waals surface area contributed by atoms with E-state index in [0.29, 0.717) is 10.3 Å². The first-order chi connectivity index (χ1) is 14.5. The number of thioether (sulfide) groups is 1. The first kappa shape index (κ1) is 20.3. The molecule has 0 fully saturated rings. The molecule has 2 aromatic carbocycles. The molecule has 0 saturated carbocycles. The third-order valence-corrected chi connectivity index (χ3v) is 6.37. The van der Waals surface area contributed by atoms with Crippen LogP contribution in [0.15, 0.2) is 59.9 Å². The van der Waals surface area contributed by atoms with Crippen LogP contribution in [-0.2, 0) is 4.79 Å². The number of nitrogens with one attached hydrogen (secondary N) is 1. The SMILES string of the molecule is Cc1cnc(NC(=O)CSc2nnc(-c3ccc(C)c(C)c3)n2-c2ccccc2)s1. The minimum atomic E-state index is -0.121. The predicted molar refractivity (Wildman–Crippen MR) is 122 cm³/mol. The van der Waals surface area contributed by atoms with E-state index in [2.05, 4.69) is 52.5 Å². The fourth-order valence-electron chi connectivity index (χ4n) is 2.94. The van der Waals surface area contributed by atoms with Crippen LogP contribution in [0.25, 0.3) is 17.1 Å². The summed E-state index contributed by atoms with van der Waals surface area (Å²) in [6.45, 7) is 6.13. The highest BCUT2D eigenvalue weighted by molar-refractivity contribution is 7.99. The van der Waals surface area contributed by atoms with Crippen LogP contribution in [0, 0.1) is 20.8 Å². The number of aromatic nitrogens is 4. The minimum absolute atomic E-state index is 0.121. The quantitative estimate of drug-likeness (QED) is 0.429. The summed E-state index contributed by atoms with van der Waals surface area (Å²) in [5.74, 6) is 0.851. The molecule has 1 amide bonds. The van der Waals surface area contributed by atoms with Gasteiger partial charge in [0.05, 0.1) is 5.75 Å². The van der Waals surface area contributed by atoms with Crippen LogP contribution >= 0.6 is 23.1 Å². The number of carbonyl (C=O) groups is 1. The molecule has 0 unspecified atom stereocenters. The Hall–Kier alpha value is -2.97. The zero-order chi connectivity index (χ0) is 21.1. The molecule has 0 bridgehead atoms. The van der Waals surface area contributed by atoms with Gasteiger partial charge in [0.25, 0.3) is 0 Å². The Balaban J connectivity index is 1.62. The van der Waals surface area contributed by atoms with Gasteiger partial charge in [-0.25, -0.2) is 4.98 Å². The fourth-order valence-corrected chi connectivity index (χ4v) is 4.37. The highest BCUT2D eigenvalue weighted by Crippen LogP contribution is 2.29. The summed E-state index contributed by atoms with van der Waals surface area (Å²) in [5.41, 5.74) is 4.37. The zero-order valence-electron chi connectivity index (χ0n) is 16.9. The van der Waals surface area contributed by atoms with E-state index in [4.69, 9.17) is 0 Å². The predicted octanol–water partition coefficient (Wildman–Crippen LogP) is 5.05. The molecule has 2 heterocycles. The van der Waals surface area contributed by atoms with Crippen LogP contribution in [0.2, 0.25) is 0 Å². The summed E-state index contributed by atoms with van der Waals surface area (Å²) in [5, 5.41) is 12.9. The summed E-state index contributed by atoms with van der Waals surface area (Å²) in [7, 11) is 0. The van der Waals surface area contributed by atoms with Gasteiger partial charge in [-0.05, 0) is 50.1 Å². The molecule has 0 atom stereocenters. The number of carbonyl (C=O) groups excluding carboxylic acids is 1. The summed E-state index contributed by atoms with van der Waals surface area (Å²) < 4.78 is 2.00. The molecule has 0 spiro atoms. The van der Waals surface area contributed by atoms with Crippen LogP contribution < -0.4 is 5.32 Å². The summed E-state index contributed by atoms with van der Waals surface area (Å²) in [4.78, 5) is 17.6. The maximum atomic E-state index is 12.4. The van der Waals surface area contributed by atoms with Crippen molar-refractivity contribution in [1.82, 2.24) is 19.7 Å².